The molecule has 0 aliphatic carbocycles. The van der Waals surface area contributed by atoms with Crippen LogP contribution in [0.25, 0.3) is 94.2 Å². The molecular weight excluding hydrogens is 1060 g/mol. The van der Waals surface area contributed by atoms with Crippen LogP contribution in [0.5, 0.6) is 0 Å². The van der Waals surface area contributed by atoms with Crippen LogP contribution in [0.15, 0.2) is 243 Å². The molecular formula is C78H54N4S2. The van der Waals surface area contributed by atoms with E-state index in [1.165, 1.54) is 128 Å². The summed E-state index contributed by atoms with van der Waals surface area (Å²) in [6, 6.07) is 91.9. The molecule has 0 unspecified atom stereocenters. The number of thiophene rings is 2. The Morgan fingerprint density at radius 2 is 0.560 bits per heavy atom. The highest BCUT2D eigenvalue weighted by Crippen LogP contribution is 2.62. The molecule has 398 valence electrons. The Morgan fingerprint density at radius 3 is 0.952 bits per heavy atom. The zero-order valence-electron chi connectivity index (χ0n) is 46.9. The maximum absolute atomic E-state index is 2.61. The fourth-order valence-corrected chi connectivity index (χ4v) is 16.8. The third-order valence-corrected chi connectivity index (χ3v) is 20.4. The van der Waals surface area contributed by atoms with Crippen LogP contribution < -0.4 is 19.6 Å². The van der Waals surface area contributed by atoms with E-state index in [1.807, 2.05) is 22.7 Å². The lowest BCUT2D eigenvalue weighted by Crippen LogP contribution is -2.24. The summed E-state index contributed by atoms with van der Waals surface area (Å²) in [5.74, 6) is 0.459. The lowest BCUT2D eigenvalue weighted by atomic mass is 9.82. The molecule has 16 aromatic rings. The van der Waals surface area contributed by atoms with Gasteiger partial charge in [-0.05, 0) is 175 Å². The SMILES string of the molecule is CC(C)c1cc2ccc(N3c4ccccc4N(c4ccccc4)c4cc5c(cc43)sc3cc4ccccc4cc35)c3c(C(C)C)cc4ccc(N5c6ccccc6N(c6ccccc6)c6cc7c(cc65)sc5cc6ccccc6cc57)c1c4c23. The fraction of sp³-hybridized carbons (Fsp3) is 0.0769. The highest BCUT2D eigenvalue weighted by molar-refractivity contribution is 7.26. The normalized spacial score (nSPS) is 13.4. The minimum Gasteiger partial charge on any atom is -0.306 e. The Morgan fingerprint density at radius 1 is 0.238 bits per heavy atom. The van der Waals surface area contributed by atoms with E-state index in [2.05, 4.69) is 290 Å². The van der Waals surface area contributed by atoms with E-state index < -0.39 is 0 Å². The van der Waals surface area contributed by atoms with Gasteiger partial charge in [-0.25, -0.2) is 0 Å². The fourth-order valence-electron chi connectivity index (χ4n) is 14.5. The molecule has 0 atom stereocenters. The molecule has 18 rings (SSSR count). The molecule has 4 nitrogen and oxygen atoms in total. The third kappa shape index (κ3) is 6.81. The van der Waals surface area contributed by atoms with Crippen LogP contribution in [0.2, 0.25) is 0 Å². The summed E-state index contributed by atoms with van der Waals surface area (Å²) in [4.78, 5) is 10.2. The highest BCUT2D eigenvalue weighted by Gasteiger charge is 2.36. The summed E-state index contributed by atoms with van der Waals surface area (Å²) in [5.41, 5.74) is 16.6. The first kappa shape index (κ1) is 47.9. The summed E-state index contributed by atoms with van der Waals surface area (Å²) in [6.07, 6.45) is 0. The maximum atomic E-state index is 2.61. The van der Waals surface area contributed by atoms with E-state index in [0.717, 1.165) is 45.5 Å². The Kier molecular flexibility index (Phi) is 10.2. The van der Waals surface area contributed by atoms with E-state index in [-0.39, 0.29) is 11.8 Å². The second-order valence-electron chi connectivity index (χ2n) is 23.6. The molecule has 2 aliphatic heterocycles. The van der Waals surface area contributed by atoms with Crippen LogP contribution >= 0.6 is 22.7 Å². The van der Waals surface area contributed by atoms with Crippen molar-refractivity contribution >= 4 is 185 Å². The summed E-state index contributed by atoms with van der Waals surface area (Å²) >= 11 is 3.80. The molecule has 2 aromatic heterocycles. The monoisotopic (exact) mass is 1110 g/mol. The summed E-state index contributed by atoms with van der Waals surface area (Å²) in [7, 11) is 0. The van der Waals surface area contributed by atoms with Gasteiger partial charge in [-0.2, -0.15) is 0 Å². The Labute approximate surface area is 494 Å². The van der Waals surface area contributed by atoms with Crippen LogP contribution in [0.4, 0.5) is 68.2 Å². The molecule has 4 heterocycles. The molecule has 2 aliphatic rings. The summed E-state index contributed by atoms with van der Waals surface area (Å²) in [6.45, 7) is 9.52. The highest BCUT2D eigenvalue weighted by atomic mass is 32.1. The van der Waals surface area contributed by atoms with E-state index in [4.69, 9.17) is 0 Å². The van der Waals surface area contributed by atoms with Gasteiger partial charge in [-0.15, -0.1) is 22.7 Å². The van der Waals surface area contributed by atoms with Crippen LogP contribution in [0.1, 0.15) is 50.7 Å². The Balaban J connectivity index is 0.927. The predicted molar refractivity (Wildman–Crippen MR) is 365 cm³/mol. The van der Waals surface area contributed by atoms with Crippen molar-refractivity contribution in [3.05, 3.63) is 254 Å². The van der Waals surface area contributed by atoms with Crippen molar-refractivity contribution in [2.24, 2.45) is 0 Å². The number of para-hydroxylation sites is 6. The first-order chi connectivity index (χ1) is 41.3. The molecule has 6 heteroatoms. The van der Waals surface area contributed by atoms with Crippen LogP contribution in [-0.4, -0.2) is 0 Å². The Hall–Kier alpha value is -9.72. The van der Waals surface area contributed by atoms with E-state index >= 15 is 0 Å². The number of benzene rings is 14. The zero-order valence-corrected chi connectivity index (χ0v) is 48.5. The molecule has 0 fully saturated rings. The van der Waals surface area contributed by atoms with Gasteiger partial charge in [0.2, 0.25) is 0 Å². The number of fused-ring (bicyclic) bond motifs is 12. The topological polar surface area (TPSA) is 13.0 Å². The van der Waals surface area contributed by atoms with Gasteiger partial charge >= 0.3 is 0 Å². The lowest BCUT2D eigenvalue weighted by Gasteiger charge is -2.41. The number of hydrogen-bond donors (Lipinski definition) is 0. The maximum Gasteiger partial charge on any atom is 0.0718 e. The average molecular weight is 1110 g/mol. The van der Waals surface area contributed by atoms with E-state index in [9.17, 15) is 0 Å². The molecule has 84 heavy (non-hydrogen) atoms. The van der Waals surface area contributed by atoms with Crippen molar-refractivity contribution in [3.63, 3.8) is 0 Å². The first-order valence-electron chi connectivity index (χ1n) is 29.4. The van der Waals surface area contributed by atoms with Gasteiger partial charge in [0.25, 0.3) is 0 Å². The van der Waals surface area contributed by atoms with Crippen molar-refractivity contribution in [1.82, 2.24) is 0 Å². The first-order valence-corrected chi connectivity index (χ1v) is 31.0. The molecule has 0 spiro atoms. The standard InChI is InChI=1S/C78H54N4S2/c1-45(2)55-37-51-31-34-66(82-64-30-18-16-28-62(64)80(54-25-9-6-10-26-54)68-42-60-58-36-48-20-12-14-22-50(48)40-72(58)84-74(60)44-70(68)82)78-56(46(3)4)38-52-32-33-65(77(55)75(52)76(51)78)81-63-29-17-15-27-61(63)79(53-23-7-5-8-24-53)67-41-59-57-35-47-19-11-13-21-49(47)39-71(57)83-73(59)43-69(67)81/h5-46H,1-4H3. The van der Waals surface area contributed by atoms with Gasteiger partial charge < -0.3 is 19.6 Å². The smallest absolute Gasteiger partial charge is 0.0718 e. The minimum atomic E-state index is 0.229. The quantitative estimate of drug-likeness (QED) is 0.154. The van der Waals surface area contributed by atoms with Gasteiger partial charge in [0.15, 0.2) is 0 Å². The minimum absolute atomic E-state index is 0.229. The second kappa shape index (κ2) is 17.9. The van der Waals surface area contributed by atoms with Gasteiger partial charge in [-0.3, -0.25) is 0 Å². The molecule has 0 saturated carbocycles. The van der Waals surface area contributed by atoms with E-state index in [0.29, 0.717) is 0 Å². The summed E-state index contributed by atoms with van der Waals surface area (Å²) in [5, 5.41) is 18.0. The van der Waals surface area contributed by atoms with Crippen molar-refractivity contribution in [1.29, 1.82) is 0 Å². The largest absolute Gasteiger partial charge is 0.306 e. The van der Waals surface area contributed by atoms with Crippen molar-refractivity contribution < 1.29 is 0 Å². The third-order valence-electron chi connectivity index (χ3n) is 18.2. The molecule has 0 amide bonds. The average Bonchev–Trinajstić information content (AvgIpc) is 2.89. The van der Waals surface area contributed by atoms with Gasteiger partial charge in [0.05, 0.1) is 56.9 Å². The van der Waals surface area contributed by atoms with Crippen LogP contribution in [0.3, 0.4) is 0 Å². The second-order valence-corrected chi connectivity index (χ2v) is 25.8. The van der Waals surface area contributed by atoms with Gasteiger partial charge in [-0.1, -0.05) is 161 Å². The molecule has 0 saturated heterocycles. The summed E-state index contributed by atoms with van der Waals surface area (Å²) < 4.78 is 5.16. The predicted octanol–water partition coefficient (Wildman–Crippen LogP) is 24.4. The molecule has 14 aromatic carbocycles. The molecule has 0 N–H and O–H groups in total. The van der Waals surface area contributed by atoms with Crippen molar-refractivity contribution in [3.8, 4) is 0 Å². The number of anilines is 12. The Bertz CT molecular complexity index is 5090. The molecule has 0 radical (unpaired) electrons. The van der Waals surface area contributed by atoms with Gasteiger partial charge in [0, 0.05) is 62.5 Å². The number of hydrogen-bond acceptors (Lipinski definition) is 6. The van der Waals surface area contributed by atoms with Gasteiger partial charge in [0.1, 0.15) is 0 Å². The van der Waals surface area contributed by atoms with Crippen molar-refractivity contribution in [2.45, 2.75) is 39.5 Å². The number of rotatable bonds is 6. The zero-order chi connectivity index (χ0) is 55.6. The van der Waals surface area contributed by atoms with Crippen LogP contribution in [0, 0.1) is 0 Å². The van der Waals surface area contributed by atoms with Crippen molar-refractivity contribution in [2.75, 3.05) is 19.6 Å². The lowest BCUT2D eigenvalue weighted by molar-refractivity contribution is 0.875. The number of nitrogens with zero attached hydrogens (tertiary/aromatic N) is 4. The van der Waals surface area contributed by atoms with Crippen LogP contribution in [-0.2, 0) is 0 Å². The van der Waals surface area contributed by atoms with E-state index in [1.54, 1.807) is 0 Å². The molecule has 0 bridgehead atoms.